The van der Waals surface area contributed by atoms with Gasteiger partial charge in [0, 0.05) is 6.54 Å². The third kappa shape index (κ3) is 4.26. The highest BCUT2D eigenvalue weighted by molar-refractivity contribution is 7.89. The van der Waals surface area contributed by atoms with Crippen molar-refractivity contribution in [3.63, 3.8) is 0 Å². The van der Waals surface area contributed by atoms with Gasteiger partial charge in [0.1, 0.15) is 5.56 Å². The summed E-state index contributed by atoms with van der Waals surface area (Å²) < 4.78 is 26.4. The summed E-state index contributed by atoms with van der Waals surface area (Å²) in [4.78, 5) is 13.2. The van der Waals surface area contributed by atoms with E-state index < -0.39 is 21.0 Å². The van der Waals surface area contributed by atoms with E-state index in [1.807, 2.05) is 0 Å². The minimum Gasteiger partial charge on any atom is -0.478 e. The van der Waals surface area contributed by atoms with Crippen molar-refractivity contribution >= 4 is 16.0 Å². The molecule has 0 radical (unpaired) electrons. The molecule has 3 N–H and O–H groups in total. The fraction of sp³-hybridized carbons (Fsp3) is 0.667. The van der Waals surface area contributed by atoms with Crippen molar-refractivity contribution in [2.45, 2.75) is 30.7 Å². The quantitative estimate of drug-likeness (QED) is 0.622. The first kappa shape index (κ1) is 15.9. The van der Waals surface area contributed by atoms with Gasteiger partial charge >= 0.3 is 5.97 Å². The van der Waals surface area contributed by atoms with E-state index in [4.69, 9.17) is 5.11 Å². The summed E-state index contributed by atoms with van der Waals surface area (Å²) in [5, 5.41) is 14.2. The van der Waals surface area contributed by atoms with Crippen molar-refractivity contribution in [2.24, 2.45) is 0 Å². The number of rotatable bonds is 7. The van der Waals surface area contributed by atoms with E-state index in [-0.39, 0.29) is 12.1 Å². The largest absolute Gasteiger partial charge is 0.478 e. The highest BCUT2D eigenvalue weighted by Gasteiger charge is 2.24. The Bertz CT molecular complexity index is 578. The molecule has 0 aromatic carbocycles. The number of nitrogens with zero attached hydrogens (tertiary/aromatic N) is 2. The zero-order chi connectivity index (χ0) is 15.3. The number of aromatic carboxylic acids is 1. The van der Waals surface area contributed by atoms with Crippen LogP contribution >= 0.6 is 0 Å². The molecule has 0 spiro atoms. The normalized spacial score (nSPS) is 17.0. The van der Waals surface area contributed by atoms with Crippen LogP contribution in [-0.4, -0.2) is 60.8 Å². The number of likely N-dealkylation sites (tertiary alicyclic amines) is 1. The molecule has 1 aliphatic heterocycles. The van der Waals surface area contributed by atoms with Gasteiger partial charge < -0.3 is 10.0 Å². The minimum atomic E-state index is -3.86. The first-order chi connectivity index (χ1) is 10.0. The maximum Gasteiger partial charge on any atom is 0.340 e. The average molecular weight is 316 g/mol. The molecule has 1 aliphatic rings. The molecule has 1 saturated heterocycles. The van der Waals surface area contributed by atoms with Crippen molar-refractivity contribution in [3.8, 4) is 0 Å². The fourth-order valence-corrected chi connectivity index (χ4v) is 3.56. The van der Waals surface area contributed by atoms with Crippen LogP contribution < -0.4 is 4.72 Å². The Morgan fingerprint density at radius 2 is 2.10 bits per heavy atom. The number of carbonyl (C=O) groups is 1. The number of carboxylic acids is 1. The predicted molar refractivity (Wildman–Crippen MR) is 75.6 cm³/mol. The molecule has 9 heteroatoms. The zero-order valence-corrected chi connectivity index (χ0v) is 12.5. The maximum atomic E-state index is 12.0. The summed E-state index contributed by atoms with van der Waals surface area (Å²) in [7, 11) is -3.86. The van der Waals surface area contributed by atoms with Crippen molar-refractivity contribution in [1.82, 2.24) is 19.8 Å². The van der Waals surface area contributed by atoms with Gasteiger partial charge in [-0.15, -0.1) is 0 Å². The van der Waals surface area contributed by atoms with Crippen molar-refractivity contribution in [1.29, 1.82) is 0 Å². The van der Waals surface area contributed by atoms with E-state index in [0.717, 1.165) is 25.8 Å². The molecular weight excluding hydrogens is 296 g/mol. The molecule has 0 atom stereocenters. The van der Waals surface area contributed by atoms with Crippen LogP contribution in [0.15, 0.2) is 11.2 Å². The molecule has 0 unspecified atom stereocenters. The molecule has 21 heavy (non-hydrogen) atoms. The Balaban J connectivity index is 1.83. The zero-order valence-electron chi connectivity index (χ0n) is 11.7. The Kier molecular flexibility index (Phi) is 5.32. The third-order valence-electron chi connectivity index (χ3n) is 3.50. The van der Waals surface area contributed by atoms with E-state index in [2.05, 4.69) is 19.8 Å². The monoisotopic (exact) mass is 316 g/mol. The Morgan fingerprint density at radius 1 is 1.38 bits per heavy atom. The number of nitrogens with one attached hydrogen (secondary N) is 2. The second kappa shape index (κ2) is 7.01. The molecule has 0 saturated carbocycles. The maximum absolute atomic E-state index is 12.0. The molecule has 1 aromatic heterocycles. The first-order valence-electron chi connectivity index (χ1n) is 6.99. The average Bonchev–Trinajstić information content (AvgIpc) is 2.95. The van der Waals surface area contributed by atoms with Crippen LogP contribution in [0.2, 0.25) is 0 Å². The van der Waals surface area contributed by atoms with Crippen LogP contribution in [0, 0.1) is 0 Å². The molecule has 1 fully saturated rings. The number of aromatic amines is 1. The number of aromatic nitrogens is 2. The summed E-state index contributed by atoms with van der Waals surface area (Å²) >= 11 is 0. The lowest BCUT2D eigenvalue weighted by atomic mass is 10.1. The van der Waals surface area contributed by atoms with Crippen LogP contribution in [0.3, 0.4) is 0 Å². The number of piperidine rings is 1. The van der Waals surface area contributed by atoms with Crippen molar-refractivity contribution < 1.29 is 18.3 Å². The van der Waals surface area contributed by atoms with Gasteiger partial charge in [0.15, 0.2) is 5.03 Å². The second-order valence-electron chi connectivity index (χ2n) is 5.07. The van der Waals surface area contributed by atoms with E-state index in [1.165, 1.54) is 19.3 Å². The minimum absolute atomic E-state index is 0.275. The molecule has 0 aliphatic carbocycles. The lowest BCUT2D eigenvalue weighted by Crippen LogP contribution is -2.33. The van der Waals surface area contributed by atoms with Gasteiger partial charge in [-0.3, -0.25) is 5.10 Å². The molecular formula is C12H20N4O4S. The highest BCUT2D eigenvalue weighted by atomic mass is 32.2. The number of H-pyrrole nitrogens is 1. The number of hydrogen-bond acceptors (Lipinski definition) is 5. The molecule has 2 heterocycles. The SMILES string of the molecule is O=C(O)c1cn[nH]c1S(=O)(=O)NCCCN1CCCCC1. The van der Waals surface area contributed by atoms with Gasteiger partial charge in [-0.1, -0.05) is 6.42 Å². The summed E-state index contributed by atoms with van der Waals surface area (Å²) in [6.45, 7) is 3.25. The van der Waals surface area contributed by atoms with Gasteiger partial charge in [0.05, 0.1) is 6.20 Å². The number of sulfonamides is 1. The van der Waals surface area contributed by atoms with Gasteiger partial charge in [-0.25, -0.2) is 17.9 Å². The number of hydrogen-bond donors (Lipinski definition) is 3. The van der Waals surface area contributed by atoms with E-state index in [9.17, 15) is 13.2 Å². The Hall–Kier alpha value is -1.45. The third-order valence-corrected chi connectivity index (χ3v) is 4.93. The smallest absolute Gasteiger partial charge is 0.340 e. The standard InChI is InChI=1S/C12H20N4O4S/c17-12(18)10-9-13-15-11(10)21(19,20)14-5-4-8-16-6-2-1-3-7-16/h9,14H,1-8H2,(H,13,15)(H,17,18). The van der Waals surface area contributed by atoms with Gasteiger partial charge in [0.2, 0.25) is 0 Å². The first-order valence-corrected chi connectivity index (χ1v) is 8.48. The fourth-order valence-electron chi connectivity index (χ4n) is 2.40. The van der Waals surface area contributed by atoms with Crippen molar-refractivity contribution in [3.05, 3.63) is 11.8 Å². The van der Waals surface area contributed by atoms with Crippen LogP contribution in [0.5, 0.6) is 0 Å². The van der Waals surface area contributed by atoms with Crippen LogP contribution in [-0.2, 0) is 10.0 Å². The van der Waals surface area contributed by atoms with E-state index in [0.29, 0.717) is 6.42 Å². The van der Waals surface area contributed by atoms with Crippen LogP contribution in [0.1, 0.15) is 36.0 Å². The predicted octanol–water partition coefficient (Wildman–Crippen LogP) is 0.262. The van der Waals surface area contributed by atoms with E-state index >= 15 is 0 Å². The number of carboxylic acid groups (broad SMARTS) is 1. The lowest BCUT2D eigenvalue weighted by molar-refractivity contribution is 0.0692. The van der Waals surface area contributed by atoms with Gasteiger partial charge in [-0.05, 0) is 38.9 Å². The molecule has 118 valence electrons. The van der Waals surface area contributed by atoms with E-state index in [1.54, 1.807) is 0 Å². The highest BCUT2D eigenvalue weighted by Crippen LogP contribution is 2.12. The molecule has 1 aromatic rings. The summed E-state index contributed by atoms with van der Waals surface area (Å²) in [5.74, 6) is -1.32. The van der Waals surface area contributed by atoms with Gasteiger partial charge in [0.25, 0.3) is 10.0 Å². The Morgan fingerprint density at radius 3 is 2.76 bits per heavy atom. The molecule has 2 rings (SSSR count). The van der Waals surface area contributed by atoms with Crippen LogP contribution in [0.25, 0.3) is 0 Å². The van der Waals surface area contributed by atoms with Crippen molar-refractivity contribution in [2.75, 3.05) is 26.2 Å². The molecule has 8 nitrogen and oxygen atoms in total. The van der Waals surface area contributed by atoms with Gasteiger partial charge in [-0.2, -0.15) is 5.10 Å². The second-order valence-corrected chi connectivity index (χ2v) is 6.78. The summed E-state index contributed by atoms with van der Waals surface area (Å²) in [6.07, 6.45) is 5.34. The summed E-state index contributed by atoms with van der Waals surface area (Å²) in [6, 6.07) is 0. The topological polar surface area (TPSA) is 115 Å². The lowest BCUT2D eigenvalue weighted by Gasteiger charge is -2.26. The summed E-state index contributed by atoms with van der Waals surface area (Å²) in [5.41, 5.74) is -0.349. The molecule has 0 bridgehead atoms. The van der Waals surface area contributed by atoms with Crippen LogP contribution in [0.4, 0.5) is 0 Å². The molecule has 0 amide bonds. The Labute approximate surface area is 123 Å².